The van der Waals surface area contributed by atoms with E-state index in [0.29, 0.717) is 23.9 Å². The maximum absolute atomic E-state index is 13.0. The van der Waals surface area contributed by atoms with Gasteiger partial charge < -0.3 is 4.57 Å². The number of fused-ring (bicyclic) bond motifs is 1. The van der Waals surface area contributed by atoms with Crippen LogP contribution in [0.5, 0.6) is 0 Å². The molecule has 158 valence electrons. The highest BCUT2D eigenvalue weighted by Gasteiger charge is 2.29. The molecule has 2 aliphatic rings. The highest BCUT2D eigenvalue weighted by Crippen LogP contribution is 2.36. The average Bonchev–Trinajstić information content (AvgIpc) is 3.24. The Labute approximate surface area is 190 Å². The Hall–Kier alpha value is -1.35. The van der Waals surface area contributed by atoms with Crippen LogP contribution >= 0.6 is 27.7 Å². The molecule has 2 heterocycles. The summed E-state index contributed by atoms with van der Waals surface area (Å²) in [5, 5.41) is 0.961. The Morgan fingerprint density at radius 1 is 1.10 bits per heavy atom. The molecule has 0 atom stereocenters. The van der Waals surface area contributed by atoms with Crippen molar-refractivity contribution < 1.29 is 8.42 Å². The Morgan fingerprint density at radius 2 is 1.87 bits per heavy atom. The Kier molecular flexibility index (Phi) is 5.68. The van der Waals surface area contributed by atoms with E-state index in [1.54, 1.807) is 28.2 Å². The summed E-state index contributed by atoms with van der Waals surface area (Å²) >= 11 is 5.34. The van der Waals surface area contributed by atoms with Crippen molar-refractivity contribution in [2.24, 2.45) is 5.92 Å². The summed E-state index contributed by atoms with van der Waals surface area (Å²) < 4.78 is 30.9. The summed E-state index contributed by atoms with van der Waals surface area (Å²) in [6.45, 7) is 2.18. The lowest BCUT2D eigenvalue weighted by Crippen LogP contribution is -2.27. The van der Waals surface area contributed by atoms with E-state index in [-0.39, 0.29) is 0 Å². The normalized spacial score (nSPS) is 17.8. The molecule has 2 aromatic carbocycles. The minimum absolute atomic E-state index is 0.357. The fourth-order valence-corrected chi connectivity index (χ4v) is 7.10. The number of benzene rings is 2. The number of hydrogen-bond acceptors (Lipinski definition) is 4. The second-order valence-corrected chi connectivity index (χ2v) is 11.8. The molecule has 0 bridgehead atoms. The summed E-state index contributed by atoms with van der Waals surface area (Å²) in [6, 6.07) is 13.7. The number of sulfonamides is 1. The number of halogens is 1. The van der Waals surface area contributed by atoms with E-state index in [0.717, 1.165) is 45.8 Å². The van der Waals surface area contributed by atoms with Gasteiger partial charge in [-0.15, -0.1) is 0 Å². The van der Waals surface area contributed by atoms with Crippen LogP contribution in [0.15, 0.2) is 57.0 Å². The molecule has 0 unspecified atom stereocenters. The van der Waals surface area contributed by atoms with Crippen molar-refractivity contribution in [1.82, 2.24) is 13.9 Å². The molecule has 1 saturated heterocycles. The van der Waals surface area contributed by atoms with E-state index in [4.69, 9.17) is 4.98 Å². The minimum atomic E-state index is -3.43. The molecule has 0 radical (unpaired) electrons. The molecule has 3 aromatic rings. The maximum Gasteiger partial charge on any atom is 0.243 e. The van der Waals surface area contributed by atoms with Gasteiger partial charge in [0.05, 0.1) is 15.9 Å². The molecular weight excluding hydrogens is 482 g/mol. The second kappa shape index (κ2) is 8.30. The summed E-state index contributed by atoms with van der Waals surface area (Å²) in [5.41, 5.74) is 3.02. The number of aromatic nitrogens is 2. The molecule has 8 heteroatoms. The smallest absolute Gasteiger partial charge is 0.243 e. The predicted molar refractivity (Wildman–Crippen MR) is 124 cm³/mol. The van der Waals surface area contributed by atoms with Gasteiger partial charge in [0.15, 0.2) is 5.16 Å². The molecule has 1 aliphatic carbocycles. The van der Waals surface area contributed by atoms with Crippen LogP contribution in [0.4, 0.5) is 0 Å². The first-order chi connectivity index (χ1) is 14.5. The van der Waals surface area contributed by atoms with Crippen LogP contribution in [0.3, 0.4) is 0 Å². The Balaban J connectivity index is 1.49. The van der Waals surface area contributed by atoms with Crippen LogP contribution in [0, 0.1) is 5.92 Å². The molecule has 5 rings (SSSR count). The van der Waals surface area contributed by atoms with Crippen LogP contribution in [0.2, 0.25) is 0 Å². The van der Waals surface area contributed by atoms with Crippen molar-refractivity contribution in [1.29, 1.82) is 0 Å². The van der Waals surface area contributed by atoms with Gasteiger partial charge in [0.25, 0.3) is 0 Å². The van der Waals surface area contributed by atoms with E-state index < -0.39 is 10.0 Å². The van der Waals surface area contributed by atoms with Crippen LogP contribution < -0.4 is 0 Å². The lowest BCUT2D eigenvalue weighted by atomic mass is 10.2. The number of rotatable bonds is 7. The molecule has 1 aromatic heterocycles. The molecule has 2 fully saturated rings. The number of nitrogens with zero attached hydrogens (tertiary/aromatic N) is 3. The van der Waals surface area contributed by atoms with Crippen molar-refractivity contribution in [2.45, 2.75) is 48.0 Å². The Bertz CT molecular complexity index is 1180. The zero-order valence-electron chi connectivity index (χ0n) is 16.6. The standard InChI is InChI=1S/C22H24BrN3O2S2/c23-19-6-2-1-5-17(19)15-29-22-24-20-13-18(30(27,28)25-11-3-4-12-25)9-10-21(20)26(22)14-16-7-8-16/h1-2,5-6,9-10,13,16H,3-4,7-8,11-12,14-15H2. The molecule has 5 nitrogen and oxygen atoms in total. The molecule has 0 amide bonds. The summed E-state index contributed by atoms with van der Waals surface area (Å²) in [6.07, 6.45) is 4.39. The quantitative estimate of drug-likeness (QED) is 0.409. The zero-order valence-corrected chi connectivity index (χ0v) is 19.8. The van der Waals surface area contributed by atoms with E-state index in [9.17, 15) is 8.42 Å². The maximum atomic E-state index is 13.0. The number of hydrogen-bond donors (Lipinski definition) is 0. The fourth-order valence-electron chi connectivity index (χ4n) is 3.93. The summed E-state index contributed by atoms with van der Waals surface area (Å²) in [5.74, 6) is 1.52. The van der Waals surface area contributed by atoms with Gasteiger partial charge in [0.2, 0.25) is 10.0 Å². The van der Waals surface area contributed by atoms with Crippen molar-refractivity contribution in [3.63, 3.8) is 0 Å². The van der Waals surface area contributed by atoms with Gasteiger partial charge in [0, 0.05) is 29.9 Å². The topological polar surface area (TPSA) is 55.2 Å². The van der Waals surface area contributed by atoms with Gasteiger partial charge in [-0.3, -0.25) is 0 Å². The van der Waals surface area contributed by atoms with Crippen molar-refractivity contribution in [2.75, 3.05) is 13.1 Å². The highest BCUT2D eigenvalue weighted by molar-refractivity contribution is 9.10. The molecular formula is C22H24BrN3O2S2. The fraction of sp³-hybridized carbons (Fsp3) is 0.409. The van der Waals surface area contributed by atoms with Crippen molar-refractivity contribution in [3.05, 3.63) is 52.5 Å². The molecule has 0 spiro atoms. The van der Waals surface area contributed by atoms with Gasteiger partial charge in [-0.25, -0.2) is 13.4 Å². The monoisotopic (exact) mass is 505 g/mol. The number of thioether (sulfide) groups is 1. The Morgan fingerprint density at radius 3 is 2.60 bits per heavy atom. The van der Waals surface area contributed by atoms with Gasteiger partial charge in [-0.05, 0) is 61.4 Å². The van der Waals surface area contributed by atoms with Crippen LogP contribution in [0.1, 0.15) is 31.2 Å². The van der Waals surface area contributed by atoms with Crippen LogP contribution in [0.25, 0.3) is 11.0 Å². The van der Waals surface area contributed by atoms with E-state index in [1.807, 2.05) is 18.2 Å². The van der Waals surface area contributed by atoms with Gasteiger partial charge in [-0.2, -0.15) is 4.31 Å². The van der Waals surface area contributed by atoms with Crippen molar-refractivity contribution in [3.8, 4) is 0 Å². The first-order valence-electron chi connectivity index (χ1n) is 10.4. The zero-order chi connectivity index (χ0) is 20.7. The first kappa shape index (κ1) is 20.5. The number of imidazole rings is 1. The van der Waals surface area contributed by atoms with Gasteiger partial charge >= 0.3 is 0 Å². The molecule has 1 saturated carbocycles. The third-order valence-corrected chi connectivity index (χ3v) is 9.53. The average molecular weight is 506 g/mol. The molecule has 30 heavy (non-hydrogen) atoms. The van der Waals surface area contributed by atoms with Crippen molar-refractivity contribution >= 4 is 48.7 Å². The van der Waals surface area contributed by atoms with Gasteiger partial charge in [-0.1, -0.05) is 45.9 Å². The lowest BCUT2D eigenvalue weighted by molar-refractivity contribution is 0.477. The molecule has 0 N–H and O–H groups in total. The third-order valence-electron chi connectivity index (χ3n) is 5.84. The van der Waals surface area contributed by atoms with Gasteiger partial charge in [0.1, 0.15) is 0 Å². The summed E-state index contributed by atoms with van der Waals surface area (Å²) in [4.78, 5) is 5.22. The summed E-state index contributed by atoms with van der Waals surface area (Å²) in [7, 11) is -3.43. The second-order valence-electron chi connectivity index (χ2n) is 8.09. The first-order valence-corrected chi connectivity index (χ1v) is 13.6. The van der Waals surface area contributed by atoms with E-state index >= 15 is 0 Å². The predicted octanol–water partition coefficient (Wildman–Crippen LogP) is 5.29. The van der Waals surface area contributed by atoms with Crippen LogP contribution in [-0.4, -0.2) is 35.4 Å². The minimum Gasteiger partial charge on any atom is -0.319 e. The SMILES string of the molecule is O=S(=O)(c1ccc2c(c1)nc(SCc1ccccc1Br)n2CC1CC1)N1CCCC1. The van der Waals surface area contributed by atoms with Crippen LogP contribution in [-0.2, 0) is 22.3 Å². The van der Waals surface area contributed by atoms with E-state index in [1.165, 1.54) is 18.4 Å². The van der Waals surface area contributed by atoms with E-state index in [2.05, 4.69) is 32.6 Å². The highest BCUT2D eigenvalue weighted by atomic mass is 79.9. The lowest BCUT2D eigenvalue weighted by Gasteiger charge is -2.15. The largest absolute Gasteiger partial charge is 0.319 e. The third kappa shape index (κ3) is 4.07. The molecule has 1 aliphatic heterocycles.